The minimum atomic E-state index is -4.40. The molecule has 1 saturated carbocycles. The van der Waals surface area contributed by atoms with Crippen LogP contribution in [0.25, 0.3) is 0 Å². The van der Waals surface area contributed by atoms with Gasteiger partial charge in [0.05, 0.1) is 12.5 Å². The lowest BCUT2D eigenvalue weighted by molar-refractivity contribution is -0.144. The molecule has 0 aromatic rings. The largest absolute Gasteiger partial charge is 0.392 e. The van der Waals surface area contributed by atoms with E-state index in [4.69, 9.17) is 0 Å². The second-order valence-electron chi connectivity index (χ2n) is 15.5. The van der Waals surface area contributed by atoms with Crippen LogP contribution < -0.4 is 21.3 Å². The van der Waals surface area contributed by atoms with E-state index in [-0.39, 0.29) is 68.1 Å². The van der Waals surface area contributed by atoms with Crippen molar-refractivity contribution in [1.29, 1.82) is 0 Å². The van der Waals surface area contributed by atoms with Gasteiger partial charge in [-0.25, -0.2) is 4.79 Å². The standard InChI is InChI=1S/C37H57F3N6O6/c1-12-17-41-32(49)29(47)25(16-14-13-15-22(6)18-37(38,39)40)42-31(48)28-26-23(7)24(26)19-46(28)34(51)30(36(8,9)10)44-35(52)43-27(20(2)3)33(50)45(11)21(4)5/h12,20-21,24-28,30H,1,6-7,13-19H2,2-5,8-11H3,(H,41,49)(H,42,48)(H2,43,44,52)/t24-,25?,26+,27+,28+,30-/m1/s1. The van der Waals surface area contributed by atoms with Crippen LogP contribution in [0.3, 0.4) is 0 Å². The number of nitrogens with zero attached hydrogens (tertiary/aromatic N) is 2. The first-order valence-corrected chi connectivity index (χ1v) is 17.7. The van der Waals surface area contributed by atoms with Crippen LogP contribution in [-0.2, 0) is 24.0 Å². The van der Waals surface area contributed by atoms with Crippen LogP contribution in [0.5, 0.6) is 0 Å². The van der Waals surface area contributed by atoms with Gasteiger partial charge < -0.3 is 31.1 Å². The van der Waals surface area contributed by atoms with Crippen LogP contribution in [0.15, 0.2) is 37.0 Å². The molecule has 6 atom stereocenters. The average Bonchev–Trinajstić information content (AvgIpc) is 3.45. The molecular formula is C37H57F3N6O6. The number of nitrogens with one attached hydrogen (secondary N) is 4. The lowest BCUT2D eigenvalue weighted by atomic mass is 9.85. The number of hydrogen-bond donors (Lipinski definition) is 4. The molecule has 12 nitrogen and oxygen atoms in total. The molecule has 2 fully saturated rings. The highest BCUT2D eigenvalue weighted by molar-refractivity contribution is 6.38. The third-order valence-electron chi connectivity index (χ3n) is 9.57. The van der Waals surface area contributed by atoms with Crippen molar-refractivity contribution in [1.82, 2.24) is 31.1 Å². The molecule has 1 aliphatic carbocycles. The molecule has 292 valence electrons. The van der Waals surface area contributed by atoms with Crippen molar-refractivity contribution in [3.63, 3.8) is 0 Å². The lowest BCUT2D eigenvalue weighted by Crippen LogP contribution is -2.62. The highest BCUT2D eigenvalue weighted by atomic mass is 19.4. The van der Waals surface area contributed by atoms with Gasteiger partial charge in [-0.2, -0.15) is 13.2 Å². The number of urea groups is 1. The number of carbonyl (C=O) groups excluding carboxylic acids is 6. The Kier molecular flexibility index (Phi) is 15.3. The topological polar surface area (TPSA) is 157 Å². The number of carbonyl (C=O) groups is 6. The molecule has 4 N–H and O–H groups in total. The van der Waals surface area contributed by atoms with Gasteiger partial charge in [0.15, 0.2) is 0 Å². The molecule has 52 heavy (non-hydrogen) atoms. The molecular weight excluding hydrogens is 681 g/mol. The Morgan fingerprint density at radius 2 is 1.62 bits per heavy atom. The van der Waals surface area contributed by atoms with Crippen molar-refractivity contribution in [2.24, 2.45) is 23.2 Å². The summed E-state index contributed by atoms with van der Waals surface area (Å²) in [5.74, 6) is -4.32. The lowest BCUT2D eigenvalue weighted by Gasteiger charge is -2.37. The van der Waals surface area contributed by atoms with Crippen molar-refractivity contribution in [3.05, 3.63) is 37.0 Å². The van der Waals surface area contributed by atoms with Gasteiger partial charge in [-0.15, -0.1) is 6.58 Å². The maximum Gasteiger partial charge on any atom is 0.392 e. The summed E-state index contributed by atoms with van der Waals surface area (Å²) < 4.78 is 38.2. The van der Waals surface area contributed by atoms with Crippen LogP contribution in [0, 0.1) is 23.2 Å². The molecule has 1 unspecified atom stereocenters. The predicted octanol–water partition coefficient (Wildman–Crippen LogP) is 4.03. The number of Topliss-reactive ketones (excluding diaryl/α,β-unsaturated/α-hetero) is 1. The number of unbranched alkanes of at least 4 members (excludes halogenated alkanes) is 1. The normalized spacial score (nSPS) is 20.0. The first-order chi connectivity index (χ1) is 23.9. The molecule has 1 heterocycles. The predicted molar refractivity (Wildman–Crippen MR) is 191 cm³/mol. The number of halogens is 3. The van der Waals surface area contributed by atoms with E-state index in [1.54, 1.807) is 41.7 Å². The molecule has 0 bridgehead atoms. The summed E-state index contributed by atoms with van der Waals surface area (Å²) in [6.45, 7) is 23.7. The van der Waals surface area contributed by atoms with E-state index in [1.165, 1.54) is 15.9 Å². The molecule has 15 heteroatoms. The van der Waals surface area contributed by atoms with E-state index in [0.29, 0.717) is 0 Å². The first-order valence-electron chi connectivity index (χ1n) is 17.7. The fourth-order valence-corrected chi connectivity index (χ4v) is 6.25. The zero-order chi connectivity index (χ0) is 39.9. The zero-order valence-corrected chi connectivity index (χ0v) is 31.7. The Labute approximate surface area is 305 Å². The van der Waals surface area contributed by atoms with Gasteiger partial charge in [0.25, 0.3) is 5.91 Å². The minimum Gasteiger partial charge on any atom is -0.346 e. The summed E-state index contributed by atoms with van der Waals surface area (Å²) in [4.78, 5) is 83.4. The van der Waals surface area contributed by atoms with Crippen LogP contribution >= 0.6 is 0 Å². The quantitative estimate of drug-likeness (QED) is 0.0946. The van der Waals surface area contributed by atoms with E-state index in [2.05, 4.69) is 41.0 Å². The number of ketones is 1. The molecule has 6 amide bonds. The fourth-order valence-electron chi connectivity index (χ4n) is 6.25. The number of allylic oxidation sites excluding steroid dienone is 1. The molecule has 2 aliphatic rings. The minimum absolute atomic E-state index is 0.00768. The molecule has 0 spiro atoms. The fraction of sp³-hybridized carbons (Fsp3) is 0.676. The van der Waals surface area contributed by atoms with Crippen LogP contribution in [0.4, 0.5) is 18.0 Å². The van der Waals surface area contributed by atoms with Gasteiger partial charge in [-0.1, -0.05) is 71.4 Å². The van der Waals surface area contributed by atoms with Gasteiger partial charge in [0, 0.05) is 38.0 Å². The average molecular weight is 739 g/mol. The van der Waals surface area contributed by atoms with Crippen molar-refractivity contribution in [2.45, 2.75) is 117 Å². The number of amides is 6. The Bertz CT molecular complexity index is 1400. The van der Waals surface area contributed by atoms with E-state index in [9.17, 15) is 41.9 Å². The van der Waals surface area contributed by atoms with Crippen molar-refractivity contribution < 1.29 is 41.9 Å². The van der Waals surface area contributed by atoms with Gasteiger partial charge in [-0.05, 0) is 44.4 Å². The molecule has 1 aliphatic heterocycles. The Hall–Kier alpha value is -4.17. The Balaban J connectivity index is 2.29. The van der Waals surface area contributed by atoms with Gasteiger partial charge in [0.2, 0.25) is 23.5 Å². The molecule has 0 aromatic carbocycles. The highest BCUT2D eigenvalue weighted by Crippen LogP contribution is 2.54. The third kappa shape index (κ3) is 11.9. The SMILES string of the molecule is C=CCNC(=O)C(=O)C(CCCCC(=C)CC(F)(F)F)NC(=O)[C@@H]1[C@H]2C(=C)[C@H]2CN1C(=O)[C@@H](NC(=O)N[C@H](C(=O)N(C)C(C)C)C(C)C)C(C)(C)C. The molecule has 1 saturated heterocycles. The van der Waals surface area contributed by atoms with Crippen molar-refractivity contribution in [2.75, 3.05) is 20.1 Å². The summed E-state index contributed by atoms with van der Waals surface area (Å²) >= 11 is 0. The van der Waals surface area contributed by atoms with Crippen molar-refractivity contribution in [3.8, 4) is 0 Å². The summed E-state index contributed by atoms with van der Waals surface area (Å²) in [5.41, 5.74) is -0.112. The Morgan fingerprint density at radius 3 is 2.13 bits per heavy atom. The van der Waals surface area contributed by atoms with E-state index < -0.39 is 77.6 Å². The number of piperidine rings is 1. The maximum atomic E-state index is 14.3. The summed E-state index contributed by atoms with van der Waals surface area (Å²) in [7, 11) is 1.64. The first kappa shape index (κ1) is 44.0. The van der Waals surface area contributed by atoms with Crippen LogP contribution in [-0.4, -0.2) is 102 Å². The number of hydrogen-bond acceptors (Lipinski definition) is 6. The number of likely N-dealkylation sites (N-methyl/N-ethyl adjacent to an activating group) is 1. The third-order valence-corrected chi connectivity index (χ3v) is 9.57. The smallest absolute Gasteiger partial charge is 0.346 e. The molecule has 0 aromatic heterocycles. The second kappa shape index (κ2) is 18.0. The Morgan fingerprint density at radius 1 is 1.00 bits per heavy atom. The number of fused-ring (bicyclic) bond motifs is 1. The highest BCUT2D eigenvalue weighted by Gasteiger charge is 2.61. The second-order valence-corrected chi connectivity index (χ2v) is 15.5. The zero-order valence-electron chi connectivity index (χ0n) is 31.7. The van der Waals surface area contributed by atoms with Gasteiger partial charge in [-0.3, -0.25) is 24.0 Å². The van der Waals surface area contributed by atoms with E-state index in [1.807, 2.05) is 13.8 Å². The number of rotatable bonds is 18. The number of likely N-dealkylation sites (tertiary alicyclic amines) is 1. The van der Waals surface area contributed by atoms with Crippen molar-refractivity contribution >= 4 is 35.4 Å². The summed E-state index contributed by atoms with van der Waals surface area (Å²) in [6, 6.07) is -5.27. The maximum absolute atomic E-state index is 14.3. The summed E-state index contributed by atoms with van der Waals surface area (Å²) in [5, 5.41) is 10.5. The van der Waals surface area contributed by atoms with Crippen LogP contribution in [0.2, 0.25) is 0 Å². The van der Waals surface area contributed by atoms with Gasteiger partial charge in [0.1, 0.15) is 18.1 Å². The van der Waals surface area contributed by atoms with Gasteiger partial charge >= 0.3 is 12.2 Å². The van der Waals surface area contributed by atoms with Crippen LogP contribution in [0.1, 0.15) is 80.6 Å². The molecule has 2 rings (SSSR count). The number of alkyl halides is 3. The van der Waals surface area contributed by atoms with E-state index >= 15 is 0 Å². The van der Waals surface area contributed by atoms with E-state index in [0.717, 1.165) is 5.57 Å². The summed E-state index contributed by atoms with van der Waals surface area (Å²) in [6.07, 6.45) is -3.73. The monoisotopic (exact) mass is 738 g/mol. The molecule has 0 radical (unpaired) electrons.